The van der Waals surface area contributed by atoms with Crippen LogP contribution in [0.1, 0.15) is 51.4 Å². The third-order valence-corrected chi connectivity index (χ3v) is 4.48. The van der Waals surface area contributed by atoms with Gasteiger partial charge in [-0.3, -0.25) is 0 Å². The van der Waals surface area contributed by atoms with Gasteiger partial charge in [0.1, 0.15) is 0 Å². The molecule has 3 heteroatoms. The summed E-state index contributed by atoms with van der Waals surface area (Å²) < 4.78 is 2.43. The average molecular weight is 263 g/mol. The molecule has 0 bridgehead atoms. The fourth-order valence-electron chi connectivity index (χ4n) is 3.29. The van der Waals surface area contributed by atoms with Crippen molar-refractivity contribution in [1.82, 2.24) is 9.47 Å². The van der Waals surface area contributed by atoms with E-state index in [1.165, 1.54) is 11.3 Å². The highest BCUT2D eigenvalue weighted by Gasteiger charge is 2.32. The lowest BCUT2D eigenvalue weighted by Gasteiger charge is -2.34. The third kappa shape index (κ3) is 3.21. The van der Waals surface area contributed by atoms with E-state index in [-0.39, 0.29) is 6.04 Å². The fourth-order valence-corrected chi connectivity index (χ4v) is 3.29. The van der Waals surface area contributed by atoms with Gasteiger partial charge < -0.3 is 15.2 Å². The number of aromatic nitrogens is 1. The maximum Gasteiger partial charge on any atom is 0.0350 e. The molecule has 0 saturated carbocycles. The molecule has 1 aromatic heterocycles. The first-order chi connectivity index (χ1) is 8.96. The monoisotopic (exact) mass is 263 g/mol. The zero-order chi connectivity index (χ0) is 14.0. The number of rotatable bonds is 5. The lowest BCUT2D eigenvalue weighted by molar-refractivity contribution is 0.264. The SMILES string of the molecule is CCN(CC)CCn1ccc2c1CC(C)(C)CC2N. The molecule has 0 aromatic carbocycles. The summed E-state index contributed by atoms with van der Waals surface area (Å²) in [5.41, 5.74) is 9.49. The minimum atomic E-state index is 0.216. The Kier molecular flexibility index (Phi) is 4.36. The van der Waals surface area contributed by atoms with Crippen LogP contribution in [0.5, 0.6) is 0 Å². The molecule has 2 N–H and O–H groups in total. The van der Waals surface area contributed by atoms with Crippen molar-refractivity contribution in [2.24, 2.45) is 11.1 Å². The summed E-state index contributed by atoms with van der Waals surface area (Å²) in [6.07, 6.45) is 4.48. The molecule has 3 nitrogen and oxygen atoms in total. The van der Waals surface area contributed by atoms with Gasteiger partial charge in [-0.1, -0.05) is 27.7 Å². The number of fused-ring (bicyclic) bond motifs is 1. The zero-order valence-electron chi connectivity index (χ0n) is 12.9. The average Bonchev–Trinajstić information content (AvgIpc) is 2.72. The van der Waals surface area contributed by atoms with Crippen LogP contribution in [0.4, 0.5) is 0 Å². The molecule has 0 saturated heterocycles. The number of likely N-dealkylation sites (N-methyl/N-ethyl adjacent to an activating group) is 1. The second-order valence-corrected chi connectivity index (χ2v) is 6.59. The number of nitrogens with zero attached hydrogens (tertiary/aromatic N) is 2. The first-order valence-corrected chi connectivity index (χ1v) is 7.62. The Morgan fingerprint density at radius 2 is 2.05 bits per heavy atom. The van der Waals surface area contributed by atoms with Gasteiger partial charge in [-0.15, -0.1) is 0 Å². The highest BCUT2D eigenvalue weighted by Crippen LogP contribution is 2.39. The van der Waals surface area contributed by atoms with Crippen LogP contribution in [0.2, 0.25) is 0 Å². The van der Waals surface area contributed by atoms with Crippen molar-refractivity contribution in [2.75, 3.05) is 19.6 Å². The van der Waals surface area contributed by atoms with E-state index in [0.717, 1.165) is 39.0 Å². The van der Waals surface area contributed by atoms with Gasteiger partial charge in [0.25, 0.3) is 0 Å². The largest absolute Gasteiger partial charge is 0.350 e. The first-order valence-electron chi connectivity index (χ1n) is 7.62. The summed E-state index contributed by atoms with van der Waals surface area (Å²) in [6.45, 7) is 13.6. The molecule has 0 amide bonds. The third-order valence-electron chi connectivity index (χ3n) is 4.48. The van der Waals surface area contributed by atoms with E-state index in [4.69, 9.17) is 5.73 Å². The topological polar surface area (TPSA) is 34.2 Å². The summed E-state index contributed by atoms with van der Waals surface area (Å²) in [5.74, 6) is 0. The Morgan fingerprint density at radius 3 is 2.68 bits per heavy atom. The summed E-state index contributed by atoms with van der Waals surface area (Å²) in [7, 11) is 0. The molecular formula is C16H29N3. The molecule has 0 fully saturated rings. The summed E-state index contributed by atoms with van der Waals surface area (Å²) in [5, 5.41) is 0. The second-order valence-electron chi connectivity index (χ2n) is 6.59. The predicted molar refractivity (Wildman–Crippen MR) is 81.3 cm³/mol. The number of nitrogens with two attached hydrogens (primary N) is 1. The smallest absolute Gasteiger partial charge is 0.0350 e. The molecule has 1 atom stereocenters. The lowest BCUT2D eigenvalue weighted by Crippen LogP contribution is -2.32. The van der Waals surface area contributed by atoms with Crippen molar-refractivity contribution >= 4 is 0 Å². The van der Waals surface area contributed by atoms with E-state index >= 15 is 0 Å². The van der Waals surface area contributed by atoms with Gasteiger partial charge in [0.2, 0.25) is 0 Å². The Bertz CT molecular complexity index is 416. The maximum absolute atomic E-state index is 6.32. The van der Waals surface area contributed by atoms with Crippen molar-refractivity contribution < 1.29 is 0 Å². The molecule has 108 valence electrons. The van der Waals surface area contributed by atoms with Gasteiger partial charge in [0.15, 0.2) is 0 Å². The molecule has 2 rings (SSSR count). The van der Waals surface area contributed by atoms with Crippen molar-refractivity contribution in [3.8, 4) is 0 Å². The lowest BCUT2D eigenvalue weighted by atomic mass is 9.74. The quantitative estimate of drug-likeness (QED) is 0.886. The van der Waals surface area contributed by atoms with Gasteiger partial charge in [-0.05, 0) is 43.0 Å². The molecular weight excluding hydrogens is 234 g/mol. The van der Waals surface area contributed by atoms with Crippen LogP contribution in [-0.2, 0) is 13.0 Å². The van der Waals surface area contributed by atoms with Crippen molar-refractivity contribution in [1.29, 1.82) is 0 Å². The summed E-state index contributed by atoms with van der Waals surface area (Å²) in [4.78, 5) is 2.47. The first kappa shape index (κ1) is 14.6. The standard InChI is InChI=1S/C16H29N3/c1-5-18(6-2)9-10-19-8-7-13-14(17)11-16(3,4)12-15(13)19/h7-8,14H,5-6,9-12,17H2,1-4H3. The molecule has 1 aliphatic carbocycles. The molecule has 1 aromatic rings. The minimum absolute atomic E-state index is 0.216. The summed E-state index contributed by atoms with van der Waals surface area (Å²) in [6, 6.07) is 2.45. The number of hydrogen-bond acceptors (Lipinski definition) is 2. The second kappa shape index (κ2) is 5.68. The van der Waals surface area contributed by atoms with Gasteiger partial charge >= 0.3 is 0 Å². The highest BCUT2D eigenvalue weighted by molar-refractivity contribution is 5.30. The molecule has 19 heavy (non-hydrogen) atoms. The van der Waals surface area contributed by atoms with E-state index in [9.17, 15) is 0 Å². The van der Waals surface area contributed by atoms with Crippen molar-refractivity contribution in [3.63, 3.8) is 0 Å². The van der Waals surface area contributed by atoms with Crippen LogP contribution in [0, 0.1) is 5.41 Å². The number of hydrogen-bond donors (Lipinski definition) is 1. The Morgan fingerprint density at radius 1 is 1.37 bits per heavy atom. The van der Waals surface area contributed by atoms with Crippen LogP contribution < -0.4 is 5.73 Å². The van der Waals surface area contributed by atoms with Gasteiger partial charge in [-0.25, -0.2) is 0 Å². The van der Waals surface area contributed by atoms with Crippen LogP contribution in [-0.4, -0.2) is 29.1 Å². The van der Waals surface area contributed by atoms with E-state index in [1.807, 2.05) is 0 Å². The fraction of sp³-hybridized carbons (Fsp3) is 0.750. The van der Waals surface area contributed by atoms with Crippen molar-refractivity contribution in [3.05, 3.63) is 23.5 Å². The zero-order valence-corrected chi connectivity index (χ0v) is 12.9. The Balaban J connectivity index is 2.12. The molecule has 0 radical (unpaired) electrons. The van der Waals surface area contributed by atoms with Gasteiger partial charge in [0.05, 0.1) is 0 Å². The van der Waals surface area contributed by atoms with Gasteiger partial charge in [0, 0.05) is 31.0 Å². The molecule has 0 aliphatic heterocycles. The Labute approximate surface area is 117 Å². The Hall–Kier alpha value is -0.800. The molecule has 1 aliphatic rings. The van der Waals surface area contributed by atoms with E-state index in [1.54, 1.807) is 0 Å². The van der Waals surface area contributed by atoms with E-state index in [2.05, 4.69) is 49.4 Å². The summed E-state index contributed by atoms with van der Waals surface area (Å²) >= 11 is 0. The molecule has 0 spiro atoms. The minimum Gasteiger partial charge on any atom is -0.350 e. The molecule has 1 heterocycles. The molecule has 1 unspecified atom stereocenters. The van der Waals surface area contributed by atoms with E-state index in [0.29, 0.717) is 5.41 Å². The maximum atomic E-state index is 6.32. The predicted octanol–water partition coefficient (Wildman–Crippen LogP) is 2.80. The normalized spacial score (nSPS) is 21.7. The van der Waals surface area contributed by atoms with Crippen molar-refractivity contribution in [2.45, 2.75) is 53.1 Å². The van der Waals surface area contributed by atoms with Gasteiger partial charge in [-0.2, -0.15) is 0 Å². The van der Waals surface area contributed by atoms with Crippen LogP contribution in [0.3, 0.4) is 0 Å². The highest BCUT2D eigenvalue weighted by atomic mass is 15.1. The van der Waals surface area contributed by atoms with Crippen LogP contribution in [0.15, 0.2) is 12.3 Å². The van der Waals surface area contributed by atoms with Crippen LogP contribution >= 0.6 is 0 Å². The van der Waals surface area contributed by atoms with Crippen LogP contribution in [0.25, 0.3) is 0 Å². The van der Waals surface area contributed by atoms with E-state index < -0.39 is 0 Å².